The van der Waals surface area contributed by atoms with Crippen LogP contribution in [-0.2, 0) is 27.4 Å². The Labute approximate surface area is 145 Å². The van der Waals surface area contributed by atoms with Gasteiger partial charge in [-0.3, -0.25) is 9.59 Å². The molecule has 2 rings (SSSR count). The van der Waals surface area contributed by atoms with Crippen molar-refractivity contribution in [2.45, 2.75) is 39.7 Å². The lowest BCUT2D eigenvalue weighted by Crippen LogP contribution is -2.10. The van der Waals surface area contributed by atoms with Crippen LogP contribution in [0.3, 0.4) is 0 Å². The van der Waals surface area contributed by atoms with Crippen LogP contribution < -0.4 is 10.1 Å². The molecule has 0 fully saturated rings. The molecule has 0 aromatic heterocycles. The average molecular weight is 347 g/mol. The van der Waals surface area contributed by atoms with Gasteiger partial charge in [0, 0.05) is 17.5 Å². The number of ether oxygens (including phenoxy) is 2. The third-order valence-electron chi connectivity index (χ3n) is 4.27. The maximum atomic E-state index is 12.1. The van der Waals surface area contributed by atoms with Gasteiger partial charge in [-0.05, 0) is 32.3 Å². The first-order valence-electron chi connectivity index (χ1n) is 7.87. The van der Waals surface area contributed by atoms with Gasteiger partial charge in [-0.15, -0.1) is 0 Å². The summed E-state index contributed by atoms with van der Waals surface area (Å²) in [5.74, 6) is -0.744. The number of cyclic esters (lactones) is 1. The van der Waals surface area contributed by atoms with E-state index >= 15 is 0 Å². The summed E-state index contributed by atoms with van der Waals surface area (Å²) < 4.78 is 10.6. The number of hydrogen-bond donors (Lipinski definition) is 2. The molecule has 134 valence electrons. The fraction of sp³-hybridized carbons (Fsp3) is 0.389. The zero-order chi connectivity index (χ0) is 18.6. The summed E-state index contributed by atoms with van der Waals surface area (Å²) in [6.45, 7) is 3.84. The minimum Gasteiger partial charge on any atom is -0.496 e. The molecule has 0 saturated carbocycles. The van der Waals surface area contributed by atoms with Gasteiger partial charge in [0.1, 0.15) is 12.4 Å². The Morgan fingerprint density at radius 2 is 2.12 bits per heavy atom. The van der Waals surface area contributed by atoms with Crippen LogP contribution in [0.1, 0.15) is 46.8 Å². The van der Waals surface area contributed by atoms with E-state index in [0.717, 1.165) is 11.1 Å². The standard InChI is InChI=1S/C18H21NO6/c1-10(5-7-14(21)22)4-6-12-16(19-9-20)15-13(8-25-18(15)23)11(2)17(12)24-3/h4,9H,5-8H2,1-3H3,(H,19,20)(H,21,22). The van der Waals surface area contributed by atoms with E-state index in [1.807, 2.05) is 19.9 Å². The number of rotatable bonds is 8. The highest BCUT2D eigenvalue weighted by atomic mass is 16.5. The number of nitrogens with one attached hydrogen (secondary N) is 1. The van der Waals surface area contributed by atoms with E-state index in [-0.39, 0.29) is 13.0 Å². The Kier molecular flexibility index (Phi) is 5.80. The molecule has 0 bridgehead atoms. The summed E-state index contributed by atoms with van der Waals surface area (Å²) >= 11 is 0. The van der Waals surface area contributed by atoms with Crippen molar-refractivity contribution in [2.75, 3.05) is 12.4 Å². The lowest BCUT2D eigenvalue weighted by Gasteiger charge is -2.18. The number of fused-ring (bicyclic) bond motifs is 1. The summed E-state index contributed by atoms with van der Waals surface area (Å²) in [7, 11) is 1.53. The summed E-state index contributed by atoms with van der Waals surface area (Å²) in [5.41, 5.74) is 3.82. The Hall–Kier alpha value is -2.83. The van der Waals surface area contributed by atoms with Gasteiger partial charge >= 0.3 is 11.9 Å². The molecule has 0 atom stereocenters. The number of carbonyl (C=O) groups is 3. The molecule has 25 heavy (non-hydrogen) atoms. The predicted octanol–water partition coefficient (Wildman–Crippen LogP) is 2.60. The molecule has 1 amide bonds. The number of carbonyl (C=O) groups excluding carboxylic acids is 2. The highest BCUT2D eigenvalue weighted by Gasteiger charge is 2.31. The molecule has 7 heteroatoms. The molecule has 1 aromatic carbocycles. The number of esters is 1. The van der Waals surface area contributed by atoms with E-state index in [0.29, 0.717) is 47.4 Å². The first-order valence-corrected chi connectivity index (χ1v) is 7.87. The third-order valence-corrected chi connectivity index (χ3v) is 4.27. The summed E-state index contributed by atoms with van der Waals surface area (Å²) in [5, 5.41) is 11.4. The molecule has 2 N–H and O–H groups in total. The highest BCUT2D eigenvalue weighted by molar-refractivity contribution is 6.03. The Balaban J connectivity index is 2.48. The van der Waals surface area contributed by atoms with Crippen LogP contribution in [0.4, 0.5) is 5.69 Å². The molecule has 0 unspecified atom stereocenters. The number of allylic oxidation sites excluding steroid dienone is 2. The Morgan fingerprint density at radius 1 is 1.40 bits per heavy atom. The number of amides is 1. The zero-order valence-electron chi connectivity index (χ0n) is 14.5. The van der Waals surface area contributed by atoms with Crippen LogP contribution in [0, 0.1) is 6.92 Å². The van der Waals surface area contributed by atoms with Gasteiger partial charge in [-0.25, -0.2) is 4.79 Å². The van der Waals surface area contributed by atoms with Crippen LogP contribution in [0.15, 0.2) is 11.6 Å². The first kappa shape index (κ1) is 18.5. The molecule has 7 nitrogen and oxygen atoms in total. The zero-order valence-corrected chi connectivity index (χ0v) is 14.5. The van der Waals surface area contributed by atoms with E-state index in [1.165, 1.54) is 7.11 Å². The maximum Gasteiger partial charge on any atom is 0.341 e. The minimum absolute atomic E-state index is 0.0501. The van der Waals surface area contributed by atoms with Crippen LogP contribution in [-0.4, -0.2) is 30.6 Å². The summed E-state index contributed by atoms with van der Waals surface area (Å²) in [4.78, 5) is 33.8. The molecule has 1 heterocycles. The van der Waals surface area contributed by atoms with Gasteiger partial charge < -0.3 is 19.9 Å². The van der Waals surface area contributed by atoms with Crippen molar-refractivity contribution in [3.63, 3.8) is 0 Å². The molecule has 0 saturated heterocycles. The number of anilines is 1. The van der Waals surface area contributed by atoms with Crippen molar-refractivity contribution >= 4 is 24.0 Å². The molecule has 0 aliphatic carbocycles. The van der Waals surface area contributed by atoms with Crippen LogP contribution in [0.5, 0.6) is 5.75 Å². The van der Waals surface area contributed by atoms with Crippen molar-refractivity contribution in [1.29, 1.82) is 0 Å². The topological polar surface area (TPSA) is 102 Å². The monoisotopic (exact) mass is 347 g/mol. The van der Waals surface area contributed by atoms with Crippen molar-refractivity contribution < 1.29 is 29.0 Å². The molecule has 0 spiro atoms. The quantitative estimate of drug-likeness (QED) is 0.426. The average Bonchev–Trinajstić information content (AvgIpc) is 2.96. The van der Waals surface area contributed by atoms with E-state index in [2.05, 4.69) is 5.32 Å². The molecule has 1 aliphatic rings. The lowest BCUT2D eigenvalue weighted by atomic mass is 9.93. The van der Waals surface area contributed by atoms with Crippen LogP contribution in [0.25, 0.3) is 0 Å². The second-order valence-electron chi connectivity index (χ2n) is 5.85. The van der Waals surface area contributed by atoms with Crippen LogP contribution in [0.2, 0.25) is 0 Å². The number of benzene rings is 1. The second kappa shape index (κ2) is 7.83. The van der Waals surface area contributed by atoms with Crippen LogP contribution >= 0.6 is 0 Å². The fourth-order valence-corrected chi connectivity index (χ4v) is 2.95. The van der Waals surface area contributed by atoms with Crippen molar-refractivity contribution in [3.8, 4) is 5.75 Å². The number of methoxy groups -OCH3 is 1. The van der Waals surface area contributed by atoms with E-state index in [1.54, 1.807) is 0 Å². The van der Waals surface area contributed by atoms with Gasteiger partial charge in [-0.1, -0.05) is 11.6 Å². The predicted molar refractivity (Wildman–Crippen MR) is 90.9 cm³/mol. The van der Waals surface area contributed by atoms with Gasteiger partial charge in [0.25, 0.3) is 0 Å². The van der Waals surface area contributed by atoms with Crippen molar-refractivity contribution in [3.05, 3.63) is 33.9 Å². The fourth-order valence-electron chi connectivity index (χ4n) is 2.95. The molecular formula is C18H21NO6. The largest absolute Gasteiger partial charge is 0.496 e. The molecule has 1 aliphatic heterocycles. The highest BCUT2D eigenvalue weighted by Crippen LogP contribution is 2.41. The van der Waals surface area contributed by atoms with Crippen molar-refractivity contribution in [1.82, 2.24) is 0 Å². The SMILES string of the molecule is COc1c(C)c2c(c(NC=O)c1CC=C(C)CCC(=O)O)C(=O)OC2. The number of hydrogen-bond acceptors (Lipinski definition) is 5. The minimum atomic E-state index is -0.857. The van der Waals surface area contributed by atoms with Gasteiger partial charge in [0.15, 0.2) is 0 Å². The smallest absolute Gasteiger partial charge is 0.341 e. The molecular weight excluding hydrogens is 326 g/mol. The van der Waals surface area contributed by atoms with E-state index < -0.39 is 11.9 Å². The van der Waals surface area contributed by atoms with E-state index in [9.17, 15) is 14.4 Å². The lowest BCUT2D eigenvalue weighted by molar-refractivity contribution is -0.137. The maximum absolute atomic E-state index is 12.1. The van der Waals surface area contributed by atoms with Crippen molar-refractivity contribution in [2.24, 2.45) is 0 Å². The first-order chi connectivity index (χ1) is 11.9. The normalized spacial score (nSPS) is 13.2. The van der Waals surface area contributed by atoms with Gasteiger partial charge in [0.05, 0.1) is 18.4 Å². The number of carboxylic acid groups (broad SMARTS) is 1. The van der Waals surface area contributed by atoms with E-state index in [4.69, 9.17) is 14.6 Å². The second-order valence-corrected chi connectivity index (χ2v) is 5.85. The molecule has 1 aromatic rings. The van der Waals surface area contributed by atoms with Gasteiger partial charge in [0.2, 0.25) is 6.41 Å². The third kappa shape index (κ3) is 3.81. The van der Waals surface area contributed by atoms with Gasteiger partial charge in [-0.2, -0.15) is 0 Å². The molecule has 0 radical (unpaired) electrons. The Bertz CT molecular complexity index is 751. The number of aliphatic carboxylic acids is 1. The summed E-state index contributed by atoms with van der Waals surface area (Å²) in [6.07, 6.45) is 3.27. The number of carboxylic acids is 1. The Morgan fingerprint density at radius 3 is 2.72 bits per heavy atom. The summed E-state index contributed by atoms with van der Waals surface area (Å²) in [6, 6.07) is 0.